The molecule has 0 fully saturated rings. The maximum absolute atomic E-state index is 13.1. The van der Waals surface area contributed by atoms with Gasteiger partial charge in [-0.05, 0) is 48.9 Å². The highest BCUT2D eigenvalue weighted by Gasteiger charge is 2.18. The highest BCUT2D eigenvalue weighted by atomic mass is 32.2. The van der Waals surface area contributed by atoms with E-state index in [1.165, 1.54) is 31.2 Å². The van der Waals surface area contributed by atoms with Crippen molar-refractivity contribution in [3.63, 3.8) is 0 Å². The summed E-state index contributed by atoms with van der Waals surface area (Å²) in [6.45, 7) is 1.49. The van der Waals surface area contributed by atoms with Crippen molar-refractivity contribution >= 4 is 21.4 Å². The molecule has 3 N–H and O–H groups in total. The third kappa shape index (κ3) is 3.12. The molecular weight excluding hydrogens is 293 g/mol. The Bertz CT molecular complexity index is 842. The first-order valence-corrected chi connectivity index (χ1v) is 7.40. The van der Waals surface area contributed by atoms with Gasteiger partial charge in [0, 0.05) is 5.69 Å². The highest BCUT2D eigenvalue weighted by Crippen LogP contribution is 2.23. The molecule has 0 heterocycles. The quantitative estimate of drug-likeness (QED) is 0.851. The minimum Gasteiger partial charge on any atom is -0.399 e. The third-order valence-corrected chi connectivity index (χ3v) is 4.36. The molecule has 2 rings (SSSR count). The molecular formula is C14H12FN3O2S. The zero-order chi connectivity index (χ0) is 15.6. The van der Waals surface area contributed by atoms with Crippen LogP contribution in [-0.4, -0.2) is 8.42 Å². The van der Waals surface area contributed by atoms with Crippen LogP contribution in [0.1, 0.15) is 11.1 Å². The second-order valence-corrected chi connectivity index (χ2v) is 6.08. The topological polar surface area (TPSA) is 96.0 Å². The van der Waals surface area contributed by atoms with Crippen LogP contribution in [0.15, 0.2) is 41.3 Å². The van der Waals surface area contributed by atoms with Crippen LogP contribution in [0.4, 0.5) is 15.8 Å². The third-order valence-electron chi connectivity index (χ3n) is 2.83. The average molecular weight is 305 g/mol. The lowest BCUT2D eigenvalue weighted by molar-refractivity contribution is 0.598. The highest BCUT2D eigenvalue weighted by molar-refractivity contribution is 7.92. The minimum atomic E-state index is -3.91. The molecule has 0 saturated heterocycles. The number of nitriles is 1. The molecule has 5 nitrogen and oxygen atoms in total. The van der Waals surface area contributed by atoms with Crippen LogP contribution in [0.25, 0.3) is 0 Å². The van der Waals surface area contributed by atoms with Crippen molar-refractivity contribution in [3.05, 3.63) is 53.3 Å². The van der Waals surface area contributed by atoms with Gasteiger partial charge in [0.2, 0.25) is 0 Å². The number of nitrogens with two attached hydrogens (primary N) is 1. The molecule has 0 amide bonds. The molecule has 2 aromatic rings. The number of benzene rings is 2. The van der Waals surface area contributed by atoms with E-state index in [1.54, 1.807) is 0 Å². The summed E-state index contributed by atoms with van der Waals surface area (Å²) >= 11 is 0. The van der Waals surface area contributed by atoms with Crippen molar-refractivity contribution in [2.75, 3.05) is 10.5 Å². The monoisotopic (exact) mass is 305 g/mol. The molecule has 0 atom stereocenters. The molecule has 0 aliphatic carbocycles. The molecule has 0 aliphatic rings. The van der Waals surface area contributed by atoms with Crippen molar-refractivity contribution in [3.8, 4) is 6.07 Å². The molecule has 0 aliphatic heterocycles. The summed E-state index contributed by atoms with van der Waals surface area (Å²) in [5.41, 5.74) is 6.41. The fourth-order valence-corrected chi connectivity index (χ4v) is 3.16. The van der Waals surface area contributed by atoms with E-state index in [4.69, 9.17) is 11.0 Å². The van der Waals surface area contributed by atoms with E-state index in [1.807, 2.05) is 6.07 Å². The second-order valence-electron chi connectivity index (χ2n) is 4.43. The maximum atomic E-state index is 13.1. The van der Waals surface area contributed by atoms with Crippen LogP contribution in [0.2, 0.25) is 0 Å². The van der Waals surface area contributed by atoms with E-state index >= 15 is 0 Å². The summed E-state index contributed by atoms with van der Waals surface area (Å²) in [5.74, 6) is -0.517. The zero-order valence-corrected chi connectivity index (χ0v) is 11.9. The first-order valence-electron chi connectivity index (χ1n) is 5.92. The van der Waals surface area contributed by atoms with Gasteiger partial charge in [-0.15, -0.1) is 0 Å². The number of hydrogen-bond acceptors (Lipinski definition) is 4. The number of aryl methyl sites for hydroxylation is 1. The Morgan fingerprint density at radius 3 is 2.57 bits per heavy atom. The number of hydrogen-bond donors (Lipinski definition) is 2. The second kappa shape index (κ2) is 5.42. The van der Waals surface area contributed by atoms with Crippen LogP contribution >= 0.6 is 0 Å². The summed E-state index contributed by atoms with van der Waals surface area (Å²) < 4.78 is 40.0. The summed E-state index contributed by atoms with van der Waals surface area (Å²) in [6.07, 6.45) is 0. The van der Waals surface area contributed by atoms with Crippen LogP contribution in [0.3, 0.4) is 0 Å². The number of anilines is 2. The molecule has 0 spiro atoms. The Morgan fingerprint density at radius 1 is 1.24 bits per heavy atom. The standard InChI is InChI=1S/C14H12FN3O2S/c1-9-6-11(15)2-5-14(9)21(19,20)18-13-4-3-12(17)7-10(13)8-16/h2-7,18H,17H2,1H3. The normalized spacial score (nSPS) is 10.9. The van der Waals surface area contributed by atoms with Gasteiger partial charge in [0.05, 0.1) is 16.1 Å². The number of nitrogen functional groups attached to an aromatic ring is 1. The van der Waals surface area contributed by atoms with Crippen LogP contribution in [0.5, 0.6) is 0 Å². The van der Waals surface area contributed by atoms with Gasteiger partial charge in [-0.2, -0.15) is 5.26 Å². The van der Waals surface area contributed by atoms with Gasteiger partial charge in [-0.3, -0.25) is 4.72 Å². The van der Waals surface area contributed by atoms with E-state index in [9.17, 15) is 12.8 Å². The van der Waals surface area contributed by atoms with Gasteiger partial charge in [-0.25, -0.2) is 12.8 Å². The van der Waals surface area contributed by atoms with Gasteiger partial charge >= 0.3 is 0 Å². The zero-order valence-electron chi connectivity index (χ0n) is 11.1. The van der Waals surface area contributed by atoms with E-state index < -0.39 is 15.8 Å². The Hall–Kier alpha value is -2.59. The molecule has 21 heavy (non-hydrogen) atoms. The van der Waals surface area contributed by atoms with Crippen molar-refractivity contribution in [1.82, 2.24) is 0 Å². The smallest absolute Gasteiger partial charge is 0.262 e. The van der Waals surface area contributed by atoms with Gasteiger partial charge < -0.3 is 5.73 Å². The number of nitrogens with one attached hydrogen (secondary N) is 1. The Balaban J connectivity index is 2.45. The Kier molecular flexibility index (Phi) is 3.82. The lowest BCUT2D eigenvalue weighted by Gasteiger charge is -2.11. The SMILES string of the molecule is Cc1cc(F)ccc1S(=O)(=O)Nc1ccc(N)cc1C#N. The van der Waals surface area contributed by atoms with Crippen molar-refractivity contribution in [2.24, 2.45) is 0 Å². The lowest BCUT2D eigenvalue weighted by Crippen LogP contribution is -2.15. The fourth-order valence-electron chi connectivity index (χ4n) is 1.86. The molecule has 108 valence electrons. The molecule has 0 bridgehead atoms. The summed E-state index contributed by atoms with van der Waals surface area (Å²) in [4.78, 5) is -0.0513. The Morgan fingerprint density at radius 2 is 1.95 bits per heavy atom. The van der Waals surface area contributed by atoms with Gasteiger partial charge in [0.15, 0.2) is 0 Å². The predicted octanol–water partition coefficient (Wildman–Crippen LogP) is 2.39. The van der Waals surface area contributed by atoms with Crippen molar-refractivity contribution < 1.29 is 12.8 Å². The summed E-state index contributed by atoms with van der Waals surface area (Å²) in [6, 6.07) is 9.50. The van der Waals surface area contributed by atoms with Crippen molar-refractivity contribution in [2.45, 2.75) is 11.8 Å². The lowest BCUT2D eigenvalue weighted by atomic mass is 10.2. The molecule has 0 unspecified atom stereocenters. The minimum absolute atomic E-state index is 0.0513. The van der Waals surface area contributed by atoms with Gasteiger partial charge in [-0.1, -0.05) is 0 Å². The predicted molar refractivity (Wildman–Crippen MR) is 77.5 cm³/mol. The fraction of sp³-hybridized carbons (Fsp3) is 0.0714. The number of sulfonamides is 1. The van der Waals surface area contributed by atoms with Gasteiger partial charge in [0.1, 0.15) is 11.9 Å². The first-order chi connectivity index (χ1) is 9.83. The van der Waals surface area contributed by atoms with Crippen molar-refractivity contribution in [1.29, 1.82) is 5.26 Å². The van der Waals surface area contributed by atoms with E-state index in [0.717, 1.165) is 12.1 Å². The maximum Gasteiger partial charge on any atom is 0.262 e. The van der Waals surface area contributed by atoms with E-state index in [2.05, 4.69) is 4.72 Å². The molecule has 2 aromatic carbocycles. The van der Waals surface area contributed by atoms with E-state index in [-0.39, 0.29) is 21.7 Å². The van der Waals surface area contributed by atoms with Crippen LogP contribution in [0, 0.1) is 24.1 Å². The molecule has 0 saturated carbocycles. The number of halogens is 1. The largest absolute Gasteiger partial charge is 0.399 e. The summed E-state index contributed by atoms with van der Waals surface area (Å²) in [7, 11) is -3.91. The van der Waals surface area contributed by atoms with E-state index in [0.29, 0.717) is 5.69 Å². The molecule has 7 heteroatoms. The average Bonchev–Trinajstić information content (AvgIpc) is 2.40. The van der Waals surface area contributed by atoms with Crippen LogP contribution in [-0.2, 0) is 10.0 Å². The number of nitrogens with zero attached hydrogens (tertiary/aromatic N) is 1. The van der Waals surface area contributed by atoms with Gasteiger partial charge in [0.25, 0.3) is 10.0 Å². The Labute approximate surface area is 121 Å². The molecule has 0 aromatic heterocycles. The number of rotatable bonds is 3. The van der Waals surface area contributed by atoms with Crippen LogP contribution < -0.4 is 10.5 Å². The first kappa shape index (κ1) is 14.8. The molecule has 0 radical (unpaired) electrons. The summed E-state index contributed by atoms with van der Waals surface area (Å²) in [5, 5.41) is 9.01.